The number of carbonyl (C=O) groups is 1. The number of methoxy groups -OCH3 is 1. The van der Waals surface area contributed by atoms with Gasteiger partial charge in [0.1, 0.15) is 5.75 Å². The minimum absolute atomic E-state index is 0.128. The van der Waals surface area contributed by atoms with E-state index in [0.29, 0.717) is 33.3 Å². The lowest BCUT2D eigenvalue weighted by molar-refractivity contribution is -0.113. The third kappa shape index (κ3) is 4.79. The summed E-state index contributed by atoms with van der Waals surface area (Å²) in [7, 11) is 1.60. The van der Waals surface area contributed by atoms with E-state index in [1.54, 1.807) is 43.5 Å². The highest BCUT2D eigenvalue weighted by Crippen LogP contribution is 2.29. The summed E-state index contributed by atoms with van der Waals surface area (Å²) >= 11 is 13.4. The molecule has 1 aromatic heterocycles. The highest BCUT2D eigenvalue weighted by Gasteiger charge is 2.15. The summed E-state index contributed by atoms with van der Waals surface area (Å²) in [5.41, 5.74) is 1.53. The second kappa shape index (κ2) is 9.32. The van der Waals surface area contributed by atoms with Crippen molar-refractivity contribution in [3.05, 3.63) is 52.5 Å². The maximum atomic E-state index is 12.2. The van der Waals surface area contributed by atoms with Gasteiger partial charge in [-0.1, -0.05) is 35.0 Å². The lowest BCUT2D eigenvalue weighted by atomic mass is 10.2. The molecule has 0 spiro atoms. The topological polar surface area (TPSA) is 69.0 Å². The number of benzene rings is 2. The number of nitrogens with one attached hydrogen (secondary N) is 1. The van der Waals surface area contributed by atoms with Crippen LogP contribution in [0.4, 0.5) is 5.69 Å². The van der Waals surface area contributed by atoms with Crippen LogP contribution in [0.2, 0.25) is 10.0 Å². The van der Waals surface area contributed by atoms with Crippen LogP contribution in [0.3, 0.4) is 0 Å². The molecule has 2 aromatic carbocycles. The quantitative estimate of drug-likeness (QED) is 0.527. The summed E-state index contributed by atoms with van der Waals surface area (Å²) in [5.74, 6) is 1.50. The van der Waals surface area contributed by atoms with Gasteiger partial charge in [-0.15, -0.1) is 10.2 Å². The van der Waals surface area contributed by atoms with Crippen LogP contribution in [0.5, 0.6) is 5.75 Å². The van der Waals surface area contributed by atoms with Gasteiger partial charge in [0.25, 0.3) is 0 Å². The van der Waals surface area contributed by atoms with Gasteiger partial charge in [0, 0.05) is 17.8 Å². The highest BCUT2D eigenvalue weighted by atomic mass is 35.5. The zero-order chi connectivity index (χ0) is 20.1. The molecule has 3 aromatic rings. The first kappa shape index (κ1) is 20.5. The number of thioether (sulfide) groups is 1. The van der Waals surface area contributed by atoms with Crippen molar-refractivity contribution in [3.8, 4) is 17.1 Å². The second-order valence-corrected chi connectivity index (χ2v) is 7.50. The molecule has 146 valence electrons. The average molecular weight is 437 g/mol. The van der Waals surface area contributed by atoms with Crippen molar-refractivity contribution < 1.29 is 9.53 Å². The molecule has 0 fully saturated rings. The fourth-order valence-corrected chi connectivity index (χ4v) is 3.63. The van der Waals surface area contributed by atoms with Crippen molar-refractivity contribution in [1.29, 1.82) is 0 Å². The molecular formula is C19H18Cl2N4O2S. The van der Waals surface area contributed by atoms with Crippen molar-refractivity contribution in [1.82, 2.24) is 14.8 Å². The molecule has 1 N–H and O–H groups in total. The molecule has 0 aliphatic heterocycles. The van der Waals surface area contributed by atoms with Crippen molar-refractivity contribution in [2.45, 2.75) is 18.6 Å². The van der Waals surface area contributed by atoms with Crippen LogP contribution in [0.25, 0.3) is 11.4 Å². The van der Waals surface area contributed by atoms with Gasteiger partial charge in [-0.3, -0.25) is 4.79 Å². The Morgan fingerprint density at radius 2 is 1.89 bits per heavy atom. The molecule has 1 heterocycles. The highest BCUT2D eigenvalue weighted by molar-refractivity contribution is 7.99. The molecule has 3 rings (SSSR count). The summed E-state index contributed by atoms with van der Waals surface area (Å²) in [6.07, 6.45) is 0. The number of nitrogens with zero attached hydrogens (tertiary/aromatic N) is 3. The number of rotatable bonds is 7. The Kier molecular flexibility index (Phi) is 6.83. The largest absolute Gasteiger partial charge is 0.497 e. The first-order chi connectivity index (χ1) is 13.5. The summed E-state index contributed by atoms with van der Waals surface area (Å²) in [6.45, 7) is 2.65. The third-order valence-corrected chi connectivity index (χ3v) is 5.62. The Hall–Kier alpha value is -2.22. The number of carbonyl (C=O) groups excluding carboxylic acids is 1. The number of aromatic nitrogens is 3. The van der Waals surface area contributed by atoms with E-state index in [0.717, 1.165) is 11.3 Å². The number of hydrogen-bond donors (Lipinski definition) is 1. The Labute approximate surface area is 177 Å². The van der Waals surface area contributed by atoms with E-state index in [9.17, 15) is 4.79 Å². The van der Waals surface area contributed by atoms with E-state index in [2.05, 4.69) is 15.5 Å². The standard InChI is InChI=1S/C19H18Cl2N4O2S/c1-3-25-18(12-4-9-15(20)16(21)10-12)23-24-19(25)28-11-17(26)22-13-5-7-14(27-2)8-6-13/h4-10H,3,11H2,1-2H3,(H,22,26). The molecule has 0 aliphatic carbocycles. The molecule has 1 amide bonds. The molecule has 0 bridgehead atoms. The van der Waals surface area contributed by atoms with E-state index in [4.69, 9.17) is 27.9 Å². The minimum Gasteiger partial charge on any atom is -0.497 e. The molecule has 0 atom stereocenters. The van der Waals surface area contributed by atoms with Crippen LogP contribution in [0, 0.1) is 0 Å². The van der Waals surface area contributed by atoms with Gasteiger partial charge in [-0.05, 0) is 49.4 Å². The number of halogens is 2. The summed E-state index contributed by atoms with van der Waals surface area (Å²) in [6, 6.07) is 12.5. The zero-order valence-corrected chi connectivity index (χ0v) is 17.6. The molecule has 0 aliphatic rings. The van der Waals surface area contributed by atoms with Crippen molar-refractivity contribution >= 4 is 46.6 Å². The van der Waals surface area contributed by atoms with Crippen LogP contribution in [0.1, 0.15) is 6.92 Å². The lowest BCUT2D eigenvalue weighted by Crippen LogP contribution is -2.14. The Morgan fingerprint density at radius 3 is 2.54 bits per heavy atom. The zero-order valence-electron chi connectivity index (χ0n) is 15.3. The van der Waals surface area contributed by atoms with Gasteiger partial charge < -0.3 is 14.6 Å². The maximum Gasteiger partial charge on any atom is 0.234 e. The SMILES string of the molecule is CCn1c(SCC(=O)Nc2ccc(OC)cc2)nnc1-c1ccc(Cl)c(Cl)c1. The molecule has 28 heavy (non-hydrogen) atoms. The van der Waals surface area contributed by atoms with Gasteiger partial charge >= 0.3 is 0 Å². The van der Waals surface area contributed by atoms with Crippen molar-refractivity contribution in [2.24, 2.45) is 0 Å². The maximum absolute atomic E-state index is 12.2. The fraction of sp³-hybridized carbons (Fsp3) is 0.211. The Bertz CT molecular complexity index is 977. The predicted molar refractivity (Wildman–Crippen MR) is 113 cm³/mol. The number of hydrogen-bond acceptors (Lipinski definition) is 5. The summed E-state index contributed by atoms with van der Waals surface area (Å²) in [4.78, 5) is 12.2. The smallest absolute Gasteiger partial charge is 0.234 e. The van der Waals surface area contributed by atoms with Crippen LogP contribution >= 0.6 is 35.0 Å². The molecular weight excluding hydrogens is 419 g/mol. The number of amides is 1. The molecule has 9 heteroatoms. The van der Waals surface area contributed by atoms with E-state index >= 15 is 0 Å². The van der Waals surface area contributed by atoms with Crippen LogP contribution in [-0.2, 0) is 11.3 Å². The monoisotopic (exact) mass is 436 g/mol. The molecule has 0 radical (unpaired) electrons. The number of ether oxygens (including phenoxy) is 1. The van der Waals surface area contributed by atoms with E-state index in [1.807, 2.05) is 17.6 Å². The van der Waals surface area contributed by atoms with Crippen molar-refractivity contribution in [3.63, 3.8) is 0 Å². The van der Waals surface area contributed by atoms with Crippen molar-refractivity contribution in [2.75, 3.05) is 18.2 Å². The molecule has 6 nitrogen and oxygen atoms in total. The van der Waals surface area contributed by atoms with Crippen LogP contribution in [0.15, 0.2) is 47.6 Å². The first-order valence-corrected chi connectivity index (χ1v) is 10.2. The number of anilines is 1. The minimum atomic E-state index is -0.128. The summed E-state index contributed by atoms with van der Waals surface area (Å²) in [5, 5.41) is 12.9. The fourth-order valence-electron chi connectivity index (χ4n) is 2.53. The second-order valence-electron chi connectivity index (χ2n) is 5.74. The third-order valence-electron chi connectivity index (χ3n) is 3.92. The van der Waals surface area contributed by atoms with Gasteiger partial charge in [0.15, 0.2) is 11.0 Å². The normalized spacial score (nSPS) is 10.7. The molecule has 0 unspecified atom stereocenters. The van der Waals surface area contributed by atoms with Gasteiger partial charge in [0.2, 0.25) is 5.91 Å². The van der Waals surface area contributed by atoms with E-state index in [1.165, 1.54) is 11.8 Å². The average Bonchev–Trinajstić information content (AvgIpc) is 3.12. The van der Waals surface area contributed by atoms with Gasteiger partial charge in [-0.25, -0.2) is 0 Å². The molecule has 0 saturated heterocycles. The van der Waals surface area contributed by atoms with Crippen LogP contribution in [-0.4, -0.2) is 33.5 Å². The lowest BCUT2D eigenvalue weighted by Gasteiger charge is -2.09. The Morgan fingerprint density at radius 1 is 1.14 bits per heavy atom. The summed E-state index contributed by atoms with van der Waals surface area (Å²) < 4.78 is 7.04. The van der Waals surface area contributed by atoms with E-state index in [-0.39, 0.29) is 11.7 Å². The van der Waals surface area contributed by atoms with Gasteiger partial charge in [-0.2, -0.15) is 0 Å². The first-order valence-electron chi connectivity index (χ1n) is 8.47. The Balaban J connectivity index is 1.67. The predicted octanol–water partition coefficient (Wildman–Crippen LogP) is 5.01. The molecule has 0 saturated carbocycles. The van der Waals surface area contributed by atoms with Gasteiger partial charge in [0.05, 0.1) is 22.9 Å². The van der Waals surface area contributed by atoms with E-state index < -0.39 is 0 Å². The van der Waals surface area contributed by atoms with Crippen LogP contribution < -0.4 is 10.1 Å².